The Morgan fingerprint density at radius 3 is 2.57 bits per heavy atom. The van der Waals surface area contributed by atoms with Crippen LogP contribution in [0.25, 0.3) is 0 Å². The summed E-state index contributed by atoms with van der Waals surface area (Å²) in [6.07, 6.45) is 0. The average Bonchev–Trinajstić information content (AvgIpc) is 1.87. The quantitative estimate of drug-likeness (QED) is 0.552. The van der Waals surface area contributed by atoms with Crippen molar-refractivity contribution in [3.05, 3.63) is 4.73 Å². The van der Waals surface area contributed by atoms with Gasteiger partial charge in [-0.15, -0.1) is 0 Å². The summed E-state index contributed by atoms with van der Waals surface area (Å²) in [7, 11) is 0. The predicted molar refractivity (Wildman–Crippen MR) is 22.0 cm³/mol. The van der Waals surface area contributed by atoms with Gasteiger partial charge in [0.2, 0.25) is 4.73 Å². The molecule has 38 valence electrons. The molecule has 0 unspecified atom stereocenters. The van der Waals surface area contributed by atoms with Gasteiger partial charge in [-0.25, -0.2) is 0 Å². The molecular weight excluding hydrogens is 167 g/mol. The van der Waals surface area contributed by atoms with Gasteiger partial charge >= 0.3 is 0 Å². The molecule has 0 aliphatic carbocycles. The van der Waals surface area contributed by atoms with E-state index in [1.165, 1.54) is 0 Å². The lowest BCUT2D eigenvalue weighted by atomic mass is 11.4. The molecule has 0 spiro atoms. The lowest BCUT2D eigenvalue weighted by molar-refractivity contribution is 0.257. The fourth-order valence-electron chi connectivity index (χ4n) is 0.182. The Bertz CT molecular complexity index is 144. The smallest absolute Gasteiger partial charge is 0.0984 e. The van der Waals surface area contributed by atoms with Crippen LogP contribution in [0.15, 0.2) is 4.73 Å². The standard InChI is InChI=1S/CBrFN4/c2-1-4-6-7(3)5-1. The summed E-state index contributed by atoms with van der Waals surface area (Å²) in [5.41, 5.74) is 0. The van der Waals surface area contributed by atoms with E-state index in [1.54, 1.807) is 0 Å². The van der Waals surface area contributed by atoms with E-state index in [-0.39, 0.29) is 9.75 Å². The molecule has 0 aliphatic rings. The molecule has 0 N–H and O–H groups in total. The molecule has 0 fully saturated rings. The van der Waals surface area contributed by atoms with E-state index in [4.69, 9.17) is 0 Å². The molecule has 0 amide bonds. The van der Waals surface area contributed by atoms with Crippen molar-refractivity contribution in [2.45, 2.75) is 0 Å². The number of tetrazole rings is 1. The van der Waals surface area contributed by atoms with Crippen molar-refractivity contribution in [3.63, 3.8) is 0 Å². The van der Waals surface area contributed by atoms with Crippen LogP contribution in [0, 0.1) is 0 Å². The zero-order valence-corrected chi connectivity index (χ0v) is 4.63. The number of rotatable bonds is 0. The first kappa shape index (κ1) is 4.63. The number of hydrogen-bond acceptors (Lipinski definition) is 3. The SMILES string of the molecule is Fn1nnc(Br)n1. The van der Waals surface area contributed by atoms with Crippen LogP contribution >= 0.6 is 15.9 Å². The molecule has 0 bridgehead atoms. The minimum Gasteiger partial charge on any atom is -0.0984 e. The van der Waals surface area contributed by atoms with E-state index >= 15 is 0 Å². The second kappa shape index (κ2) is 1.53. The lowest BCUT2D eigenvalue weighted by Gasteiger charge is -1.65. The minimum absolute atomic E-state index is 0.121. The van der Waals surface area contributed by atoms with Crippen LogP contribution in [0.2, 0.25) is 0 Å². The van der Waals surface area contributed by atoms with Crippen LogP contribution in [0.5, 0.6) is 0 Å². The van der Waals surface area contributed by atoms with E-state index in [1.807, 2.05) is 0 Å². The van der Waals surface area contributed by atoms with Gasteiger partial charge in [0.15, 0.2) is 0 Å². The molecule has 6 heteroatoms. The molecule has 1 aromatic heterocycles. The third kappa shape index (κ3) is 0.923. The fraction of sp³-hybridized carbons (Fsp3) is 0. The molecule has 0 atom stereocenters. The van der Waals surface area contributed by atoms with Crippen LogP contribution in [-0.2, 0) is 0 Å². The van der Waals surface area contributed by atoms with Crippen LogP contribution in [0.3, 0.4) is 0 Å². The largest absolute Gasteiger partial charge is 0.242 e. The second-order valence-electron chi connectivity index (χ2n) is 0.799. The van der Waals surface area contributed by atoms with Crippen molar-refractivity contribution in [2.75, 3.05) is 0 Å². The Kier molecular flexibility index (Phi) is 1.01. The Morgan fingerprint density at radius 1 is 1.71 bits per heavy atom. The highest BCUT2D eigenvalue weighted by Crippen LogP contribution is 1.94. The van der Waals surface area contributed by atoms with Crippen molar-refractivity contribution in [3.8, 4) is 0 Å². The van der Waals surface area contributed by atoms with Crippen molar-refractivity contribution in [1.29, 1.82) is 0 Å². The van der Waals surface area contributed by atoms with Gasteiger partial charge in [-0.2, -0.15) is 0 Å². The Labute approximate surface area is 46.4 Å². The number of halogens is 2. The number of aromatic nitrogens is 4. The fourth-order valence-corrected chi connectivity index (χ4v) is 0.384. The predicted octanol–water partition coefficient (Wildman–Crippen LogP) is 0.168. The highest BCUT2D eigenvalue weighted by atomic mass is 79.9. The topological polar surface area (TPSA) is 43.6 Å². The molecule has 0 aliphatic heterocycles. The molecular formula is CBrFN4. The summed E-state index contributed by atoms with van der Waals surface area (Å²) in [5, 5.41) is 8.95. The van der Waals surface area contributed by atoms with Gasteiger partial charge in [-0.1, -0.05) is 14.7 Å². The Balaban J connectivity index is 3.04. The summed E-state index contributed by atoms with van der Waals surface area (Å²) in [5.74, 6) is 0. The van der Waals surface area contributed by atoms with Crippen molar-refractivity contribution in [1.82, 2.24) is 20.4 Å². The van der Waals surface area contributed by atoms with Crippen LogP contribution in [0.4, 0.5) is 4.48 Å². The van der Waals surface area contributed by atoms with Crippen LogP contribution in [0.1, 0.15) is 0 Å². The van der Waals surface area contributed by atoms with Crippen molar-refractivity contribution >= 4 is 15.9 Å². The van der Waals surface area contributed by atoms with Gasteiger partial charge < -0.3 is 0 Å². The van der Waals surface area contributed by atoms with Crippen molar-refractivity contribution in [2.24, 2.45) is 0 Å². The minimum atomic E-state index is -0.121. The van der Waals surface area contributed by atoms with E-state index in [2.05, 4.69) is 31.3 Å². The normalized spacial score (nSPS) is 9.43. The van der Waals surface area contributed by atoms with E-state index in [0.29, 0.717) is 0 Å². The van der Waals surface area contributed by atoms with Crippen molar-refractivity contribution < 1.29 is 4.48 Å². The lowest BCUT2D eigenvalue weighted by Crippen LogP contribution is -1.84. The summed E-state index contributed by atoms with van der Waals surface area (Å²) < 4.78 is 11.7. The highest BCUT2D eigenvalue weighted by molar-refractivity contribution is 9.10. The number of hydrogen-bond donors (Lipinski definition) is 0. The maximum absolute atomic E-state index is 11.5. The molecule has 0 saturated carbocycles. The van der Waals surface area contributed by atoms with Crippen LogP contribution in [-0.4, -0.2) is 20.4 Å². The van der Waals surface area contributed by atoms with Gasteiger partial charge in [0.25, 0.3) is 0 Å². The number of nitrogens with zero attached hydrogens (tertiary/aromatic N) is 4. The Morgan fingerprint density at radius 2 is 2.43 bits per heavy atom. The molecule has 1 aromatic rings. The zero-order chi connectivity index (χ0) is 5.28. The monoisotopic (exact) mass is 166 g/mol. The molecule has 4 nitrogen and oxygen atoms in total. The highest BCUT2D eigenvalue weighted by Gasteiger charge is 1.91. The summed E-state index contributed by atoms with van der Waals surface area (Å²) in [6.45, 7) is 0. The molecule has 0 saturated heterocycles. The van der Waals surface area contributed by atoms with Gasteiger partial charge in [-0.3, -0.25) is 0 Å². The van der Waals surface area contributed by atoms with Gasteiger partial charge in [0, 0.05) is 5.02 Å². The van der Waals surface area contributed by atoms with Gasteiger partial charge in [-0.05, 0) is 21.1 Å². The molecule has 7 heavy (non-hydrogen) atoms. The van der Waals surface area contributed by atoms with Gasteiger partial charge in [0.1, 0.15) is 0 Å². The van der Waals surface area contributed by atoms with Gasteiger partial charge in [0.05, 0.1) is 0 Å². The first-order valence-corrected chi connectivity index (χ1v) is 2.20. The summed E-state index contributed by atoms with van der Waals surface area (Å²) in [4.78, 5) is 0. The van der Waals surface area contributed by atoms with Crippen LogP contribution < -0.4 is 0 Å². The summed E-state index contributed by atoms with van der Waals surface area (Å²) in [6, 6.07) is 0. The summed E-state index contributed by atoms with van der Waals surface area (Å²) >= 11 is 2.79. The maximum Gasteiger partial charge on any atom is 0.242 e. The third-order valence-corrected chi connectivity index (χ3v) is 0.683. The third-order valence-electron chi connectivity index (χ3n) is 0.366. The molecule has 1 heterocycles. The molecule has 0 radical (unpaired) electrons. The first-order valence-electron chi connectivity index (χ1n) is 1.41. The van der Waals surface area contributed by atoms with E-state index in [0.717, 1.165) is 0 Å². The zero-order valence-electron chi connectivity index (χ0n) is 3.04. The van der Waals surface area contributed by atoms with E-state index < -0.39 is 0 Å². The van der Waals surface area contributed by atoms with E-state index in [9.17, 15) is 4.48 Å². The Hall–Kier alpha value is -0.520. The first-order chi connectivity index (χ1) is 3.29. The molecule has 1 rings (SSSR count). The maximum atomic E-state index is 11.5. The second-order valence-corrected chi connectivity index (χ2v) is 1.51. The molecule has 0 aromatic carbocycles. The average molecular weight is 167 g/mol.